The molecule has 1 aliphatic heterocycles. The quantitative estimate of drug-likeness (QED) is 0.413. The van der Waals surface area contributed by atoms with Gasteiger partial charge in [-0.1, -0.05) is 6.92 Å². The van der Waals surface area contributed by atoms with Gasteiger partial charge in [0, 0.05) is 54.4 Å². The third kappa shape index (κ3) is 5.27. The summed E-state index contributed by atoms with van der Waals surface area (Å²) in [5.74, 6) is 0.640. The summed E-state index contributed by atoms with van der Waals surface area (Å²) in [7, 11) is 0. The fourth-order valence-electron chi connectivity index (χ4n) is 4.71. The molecule has 5 rings (SSSR count). The van der Waals surface area contributed by atoms with E-state index >= 15 is 0 Å². The van der Waals surface area contributed by atoms with Crippen LogP contribution in [0.5, 0.6) is 5.75 Å². The van der Waals surface area contributed by atoms with E-state index in [4.69, 9.17) is 0 Å². The zero-order valence-corrected chi connectivity index (χ0v) is 22.2. The molecule has 4 aromatic rings. The average molecular weight is 509 g/mol. The van der Waals surface area contributed by atoms with Gasteiger partial charge in [-0.05, 0) is 58.2 Å². The predicted octanol–water partition coefficient (Wildman–Crippen LogP) is 4.21. The number of aromatic hydroxyl groups is 1. The number of hydrogen-bond acceptors (Lipinski definition) is 8. The summed E-state index contributed by atoms with van der Waals surface area (Å²) in [6, 6.07) is 4.22. The van der Waals surface area contributed by atoms with Crippen LogP contribution in [0.2, 0.25) is 0 Å². The van der Waals surface area contributed by atoms with Gasteiger partial charge in [0.05, 0.1) is 11.9 Å². The van der Waals surface area contributed by atoms with Crippen LogP contribution < -0.4 is 10.2 Å². The van der Waals surface area contributed by atoms with Crippen molar-refractivity contribution in [2.75, 3.05) is 18.0 Å². The van der Waals surface area contributed by atoms with Gasteiger partial charge in [0.2, 0.25) is 5.95 Å². The second kappa shape index (κ2) is 9.99. The van der Waals surface area contributed by atoms with E-state index in [0.29, 0.717) is 23.4 Å². The zero-order chi connectivity index (χ0) is 24.7. The highest BCUT2D eigenvalue weighted by molar-refractivity contribution is 5.85. The van der Waals surface area contributed by atoms with Crippen molar-refractivity contribution in [1.82, 2.24) is 34.9 Å². The molecule has 0 unspecified atom stereocenters. The molecule has 9 nitrogen and oxygen atoms in total. The summed E-state index contributed by atoms with van der Waals surface area (Å²) in [6.07, 6.45) is 9.30. The lowest BCUT2D eigenvalue weighted by Crippen LogP contribution is -2.45. The van der Waals surface area contributed by atoms with E-state index in [2.05, 4.69) is 69.1 Å². The fourth-order valence-corrected chi connectivity index (χ4v) is 4.71. The van der Waals surface area contributed by atoms with Crippen LogP contribution in [0.25, 0.3) is 28.2 Å². The Bertz CT molecular complexity index is 1360. The number of fused-ring (bicyclic) bond motifs is 1. The molecule has 0 saturated carbocycles. The minimum absolute atomic E-state index is 0. The Balaban J connectivity index is 0.00000304. The SMILES string of the molecule is CCc1cc(-c2cnc(-c3cnc(N4CC[C@@H](NC(C)(C)C)C4)nn3)c(O)c2)cn2cc(C)nc12.Cl. The molecule has 0 aliphatic carbocycles. The molecule has 2 N–H and O–H groups in total. The number of aromatic nitrogens is 6. The number of imidazole rings is 1. The van der Waals surface area contributed by atoms with Gasteiger partial charge in [-0.2, -0.15) is 0 Å². The summed E-state index contributed by atoms with van der Waals surface area (Å²) in [6.45, 7) is 12.3. The first-order valence-electron chi connectivity index (χ1n) is 12.1. The van der Waals surface area contributed by atoms with E-state index in [1.54, 1.807) is 18.5 Å². The number of nitrogens with one attached hydrogen (secondary N) is 1. The number of nitrogens with zero attached hydrogens (tertiary/aromatic N) is 7. The normalized spacial score (nSPS) is 15.9. The van der Waals surface area contributed by atoms with Crippen LogP contribution in [0.3, 0.4) is 0 Å². The van der Waals surface area contributed by atoms with Crippen molar-refractivity contribution in [3.8, 4) is 28.3 Å². The molecular formula is C26H33ClN8O. The molecule has 0 spiro atoms. The van der Waals surface area contributed by atoms with Gasteiger partial charge in [0.25, 0.3) is 0 Å². The van der Waals surface area contributed by atoms with Crippen molar-refractivity contribution in [2.45, 2.75) is 59.0 Å². The van der Waals surface area contributed by atoms with Crippen LogP contribution in [0, 0.1) is 6.92 Å². The highest BCUT2D eigenvalue weighted by atomic mass is 35.5. The number of aryl methyl sites for hydroxylation is 2. The fraction of sp³-hybridized carbons (Fsp3) is 0.423. The van der Waals surface area contributed by atoms with Gasteiger partial charge in [0.15, 0.2) is 0 Å². The molecule has 0 aromatic carbocycles. The van der Waals surface area contributed by atoms with Crippen LogP contribution in [0.15, 0.2) is 36.9 Å². The molecule has 0 amide bonds. The number of hydrogen-bond donors (Lipinski definition) is 2. The van der Waals surface area contributed by atoms with Gasteiger partial charge in [-0.3, -0.25) is 0 Å². The molecule has 190 valence electrons. The molecular weight excluding hydrogens is 476 g/mol. The van der Waals surface area contributed by atoms with Gasteiger partial charge in [-0.25, -0.2) is 15.0 Å². The minimum Gasteiger partial charge on any atom is -0.506 e. The summed E-state index contributed by atoms with van der Waals surface area (Å²) in [5.41, 5.74) is 5.74. The summed E-state index contributed by atoms with van der Waals surface area (Å²) >= 11 is 0. The van der Waals surface area contributed by atoms with Crippen molar-refractivity contribution in [3.63, 3.8) is 0 Å². The lowest BCUT2D eigenvalue weighted by Gasteiger charge is -2.25. The van der Waals surface area contributed by atoms with Crippen molar-refractivity contribution < 1.29 is 5.11 Å². The Kier molecular flexibility index (Phi) is 7.15. The van der Waals surface area contributed by atoms with E-state index in [1.807, 2.05) is 23.7 Å². The third-order valence-corrected chi connectivity index (χ3v) is 6.23. The second-order valence-corrected chi connectivity index (χ2v) is 10.3. The molecule has 0 radical (unpaired) electrons. The lowest BCUT2D eigenvalue weighted by molar-refractivity contribution is 0.373. The standard InChI is InChI=1S/C26H32N8O.ClH/c1-6-17-9-19(14-34-13-16(2)29-24(17)34)18-10-22(35)23(27-11-18)21-12-28-25(32-31-21)33-8-7-20(15-33)30-26(3,4)5;/h9-14,20,30,35H,6-8,15H2,1-5H3;1H/t20-;/m1./s1. The maximum Gasteiger partial charge on any atom is 0.245 e. The molecule has 0 bridgehead atoms. The lowest BCUT2D eigenvalue weighted by atomic mass is 10.1. The number of halogens is 1. The van der Waals surface area contributed by atoms with Crippen LogP contribution >= 0.6 is 12.4 Å². The Morgan fingerprint density at radius 3 is 2.56 bits per heavy atom. The first-order chi connectivity index (χ1) is 16.7. The van der Waals surface area contributed by atoms with Crippen molar-refractivity contribution >= 4 is 24.0 Å². The maximum atomic E-state index is 10.8. The largest absolute Gasteiger partial charge is 0.506 e. The average Bonchev–Trinajstić information content (AvgIpc) is 3.42. The van der Waals surface area contributed by atoms with Crippen molar-refractivity contribution in [2.24, 2.45) is 0 Å². The van der Waals surface area contributed by atoms with Gasteiger partial charge in [0.1, 0.15) is 22.8 Å². The molecule has 1 aliphatic rings. The van der Waals surface area contributed by atoms with E-state index in [-0.39, 0.29) is 23.7 Å². The van der Waals surface area contributed by atoms with E-state index < -0.39 is 0 Å². The number of anilines is 1. The zero-order valence-electron chi connectivity index (χ0n) is 21.4. The topological polar surface area (TPSA) is 104 Å². The van der Waals surface area contributed by atoms with Crippen LogP contribution in [0.4, 0.5) is 5.95 Å². The smallest absolute Gasteiger partial charge is 0.245 e. The van der Waals surface area contributed by atoms with Crippen molar-refractivity contribution in [3.05, 3.63) is 48.2 Å². The molecule has 36 heavy (non-hydrogen) atoms. The summed E-state index contributed by atoms with van der Waals surface area (Å²) < 4.78 is 2.03. The predicted molar refractivity (Wildman–Crippen MR) is 144 cm³/mol. The summed E-state index contributed by atoms with van der Waals surface area (Å²) in [4.78, 5) is 15.8. The maximum absolute atomic E-state index is 10.8. The molecule has 5 heterocycles. The number of rotatable bonds is 5. The Labute approximate surface area is 217 Å². The van der Waals surface area contributed by atoms with Crippen LogP contribution in [0.1, 0.15) is 45.4 Å². The number of pyridine rings is 2. The molecule has 1 saturated heterocycles. The first kappa shape index (κ1) is 25.8. The highest BCUT2D eigenvalue weighted by Crippen LogP contribution is 2.31. The molecule has 1 atom stereocenters. The van der Waals surface area contributed by atoms with Crippen molar-refractivity contribution in [1.29, 1.82) is 0 Å². The third-order valence-electron chi connectivity index (χ3n) is 6.23. The highest BCUT2D eigenvalue weighted by Gasteiger charge is 2.27. The molecule has 1 fully saturated rings. The summed E-state index contributed by atoms with van der Waals surface area (Å²) in [5, 5.41) is 23.1. The molecule has 4 aromatic heterocycles. The first-order valence-corrected chi connectivity index (χ1v) is 12.1. The Morgan fingerprint density at radius 2 is 1.89 bits per heavy atom. The van der Waals surface area contributed by atoms with Gasteiger partial charge < -0.3 is 19.7 Å². The van der Waals surface area contributed by atoms with E-state index in [9.17, 15) is 5.11 Å². The van der Waals surface area contributed by atoms with E-state index in [0.717, 1.165) is 54.0 Å². The monoisotopic (exact) mass is 508 g/mol. The van der Waals surface area contributed by atoms with Gasteiger partial charge >= 0.3 is 0 Å². The van der Waals surface area contributed by atoms with Crippen LogP contribution in [-0.4, -0.2) is 59.3 Å². The Hall–Kier alpha value is -3.30. The Morgan fingerprint density at radius 1 is 1.08 bits per heavy atom. The molecule has 10 heteroatoms. The minimum atomic E-state index is 0. The second-order valence-electron chi connectivity index (χ2n) is 10.3. The van der Waals surface area contributed by atoms with E-state index in [1.165, 1.54) is 0 Å². The van der Waals surface area contributed by atoms with Gasteiger partial charge in [-0.15, -0.1) is 22.6 Å². The van der Waals surface area contributed by atoms with Crippen LogP contribution in [-0.2, 0) is 6.42 Å².